The van der Waals surface area contributed by atoms with Crippen LogP contribution in [0.4, 0.5) is 0 Å². The molecule has 2 aliphatic rings. The van der Waals surface area contributed by atoms with Crippen molar-refractivity contribution in [3.8, 4) is 59.4 Å². The minimum Gasteiger partial charge on any atom is -0.488 e. The minimum absolute atomic E-state index is 0.0358. The average molecular weight is 899 g/mol. The molecule has 12 nitrogen and oxygen atoms in total. The Balaban J connectivity index is 1.95. The van der Waals surface area contributed by atoms with Gasteiger partial charge in [0.25, 0.3) is 0 Å². The average Bonchev–Trinajstić information content (AvgIpc) is 3.95. The lowest BCUT2D eigenvalue weighted by atomic mass is 9.94. The Morgan fingerprint density at radius 2 is 0.734 bits per heavy atom. The normalized spacial score (nSPS) is 15.0. The summed E-state index contributed by atoms with van der Waals surface area (Å²) in [5, 5.41) is 58.8. The molecule has 0 saturated heterocycles. The van der Waals surface area contributed by atoms with E-state index in [0.717, 1.165) is 70.9 Å². The standard InChI is InChI=1S/C50H54N6O6S2/c1-9-13-23-57-45-39(19-17-37-35(31-55)43(33(27-51)28-52)61-49(37,5)6)63-41(47(45)59-25-15-11-3)21-22-42-48(60-26-16-12-4)46(58-24-14-10-2)40(64-42)20-18-38-36(32-56)44(34(29-53)30-54)62-50(38,7)8/h17-22H,9-16,23-26H2,1-8H3/b19-17+,20-18+,22-21+. The summed E-state index contributed by atoms with van der Waals surface area (Å²) in [6.07, 6.45) is 18.2. The first-order valence-corrected chi connectivity index (χ1v) is 23.1. The summed E-state index contributed by atoms with van der Waals surface area (Å²) in [5.41, 5.74) is -1.27. The smallest absolute Gasteiger partial charge is 0.179 e. The van der Waals surface area contributed by atoms with Gasteiger partial charge in [-0.05, 0) is 77.7 Å². The Morgan fingerprint density at radius 3 is 0.969 bits per heavy atom. The topological polar surface area (TPSA) is 198 Å². The molecule has 0 bridgehead atoms. The number of allylic oxidation sites excluding steroid dienone is 4. The molecule has 0 fully saturated rings. The molecule has 0 saturated carbocycles. The lowest BCUT2D eigenvalue weighted by Gasteiger charge is -2.20. The minimum atomic E-state index is -1.00. The molecule has 64 heavy (non-hydrogen) atoms. The Bertz CT molecular complexity index is 2330. The number of hydrogen-bond donors (Lipinski definition) is 0. The predicted octanol–water partition coefficient (Wildman–Crippen LogP) is 12.6. The molecule has 2 aromatic rings. The van der Waals surface area contributed by atoms with Crippen molar-refractivity contribution in [1.29, 1.82) is 31.6 Å². The van der Waals surface area contributed by atoms with Crippen LogP contribution >= 0.6 is 22.7 Å². The third-order valence-corrected chi connectivity index (χ3v) is 12.2. The van der Waals surface area contributed by atoms with Crippen LogP contribution in [0.15, 0.2) is 57.1 Å². The van der Waals surface area contributed by atoms with E-state index < -0.39 is 11.2 Å². The third-order valence-electron chi connectivity index (χ3n) is 10.0. The van der Waals surface area contributed by atoms with Crippen LogP contribution in [0.1, 0.15) is 126 Å². The second-order valence-electron chi connectivity index (χ2n) is 15.7. The molecule has 0 N–H and O–H groups in total. The molecule has 2 aliphatic heterocycles. The van der Waals surface area contributed by atoms with Crippen LogP contribution in [0.5, 0.6) is 23.0 Å². The second kappa shape index (κ2) is 23.7. The molecule has 0 radical (unpaired) electrons. The van der Waals surface area contributed by atoms with Crippen LogP contribution < -0.4 is 18.9 Å². The van der Waals surface area contributed by atoms with Crippen LogP contribution in [0.3, 0.4) is 0 Å². The zero-order valence-corrected chi connectivity index (χ0v) is 39.5. The first kappa shape index (κ1) is 50.0. The van der Waals surface area contributed by atoms with Gasteiger partial charge in [0.1, 0.15) is 58.8 Å². The number of nitrogens with zero attached hydrogens (tertiary/aromatic N) is 6. The molecule has 0 atom stereocenters. The van der Waals surface area contributed by atoms with E-state index in [1.165, 1.54) is 22.7 Å². The highest BCUT2D eigenvalue weighted by Gasteiger charge is 2.40. The SMILES string of the molecule is CCCCOc1c(/C=C/C2=C(C#N)C(=C(C#N)C#N)OC2(C)C)sc(/C=C/c2sc(/C=C/C3=C(C#N)C(=C(C#N)C#N)OC3(C)C)c(OCCCC)c2OCCCC)c1OCCCC. The van der Waals surface area contributed by atoms with Gasteiger partial charge < -0.3 is 28.4 Å². The fourth-order valence-corrected chi connectivity index (χ4v) is 8.56. The lowest BCUT2D eigenvalue weighted by molar-refractivity contribution is 0.0951. The van der Waals surface area contributed by atoms with Gasteiger partial charge in [0.05, 0.1) is 45.9 Å². The number of rotatable bonds is 22. The summed E-state index contributed by atoms with van der Waals surface area (Å²) in [6.45, 7) is 17.3. The Hall–Kier alpha value is -6.68. The summed E-state index contributed by atoms with van der Waals surface area (Å²) >= 11 is 2.90. The Kier molecular flexibility index (Phi) is 18.5. The fraction of sp³-hybridized carbons (Fsp3) is 0.440. The maximum atomic E-state index is 10.2. The summed E-state index contributed by atoms with van der Waals surface area (Å²) < 4.78 is 38.0. The van der Waals surface area contributed by atoms with Gasteiger partial charge in [-0.1, -0.05) is 65.5 Å². The van der Waals surface area contributed by atoms with Gasteiger partial charge in [0, 0.05) is 11.1 Å². The monoisotopic (exact) mass is 898 g/mol. The zero-order chi connectivity index (χ0) is 46.9. The molecule has 14 heteroatoms. The van der Waals surface area contributed by atoms with Gasteiger partial charge in [0.15, 0.2) is 45.7 Å². The van der Waals surface area contributed by atoms with Crippen LogP contribution in [0, 0.1) is 68.0 Å². The van der Waals surface area contributed by atoms with Crippen molar-refractivity contribution in [2.24, 2.45) is 0 Å². The van der Waals surface area contributed by atoms with Crippen molar-refractivity contribution in [3.05, 3.63) is 76.6 Å². The third kappa shape index (κ3) is 11.7. The molecule has 2 aromatic heterocycles. The van der Waals surface area contributed by atoms with Gasteiger partial charge in [0.2, 0.25) is 0 Å². The van der Waals surface area contributed by atoms with Crippen molar-refractivity contribution in [1.82, 2.24) is 0 Å². The van der Waals surface area contributed by atoms with Gasteiger partial charge in [-0.15, -0.1) is 22.7 Å². The van der Waals surface area contributed by atoms with E-state index in [1.807, 2.05) is 48.6 Å². The summed E-state index contributed by atoms with van der Waals surface area (Å²) in [6, 6.07) is 11.7. The zero-order valence-electron chi connectivity index (χ0n) is 37.9. The quantitative estimate of drug-likeness (QED) is 0.0801. The largest absolute Gasteiger partial charge is 0.488 e. The van der Waals surface area contributed by atoms with E-state index in [9.17, 15) is 31.6 Å². The van der Waals surface area contributed by atoms with Gasteiger partial charge in [-0.3, -0.25) is 0 Å². The maximum Gasteiger partial charge on any atom is 0.179 e. The van der Waals surface area contributed by atoms with E-state index in [4.69, 9.17) is 28.4 Å². The van der Waals surface area contributed by atoms with Crippen LogP contribution in [0.2, 0.25) is 0 Å². The van der Waals surface area contributed by atoms with Crippen molar-refractivity contribution >= 4 is 47.0 Å². The second-order valence-corrected chi connectivity index (χ2v) is 17.8. The van der Waals surface area contributed by atoms with Crippen molar-refractivity contribution in [3.63, 3.8) is 0 Å². The van der Waals surface area contributed by atoms with E-state index in [2.05, 4.69) is 39.8 Å². The number of thiophene rings is 2. The van der Waals surface area contributed by atoms with Gasteiger partial charge in [-0.2, -0.15) is 31.6 Å². The van der Waals surface area contributed by atoms with E-state index >= 15 is 0 Å². The highest BCUT2D eigenvalue weighted by molar-refractivity contribution is 7.15. The number of unbranched alkanes of at least 4 members (excludes halogenated alkanes) is 4. The molecular formula is C50H54N6O6S2. The summed E-state index contributed by atoms with van der Waals surface area (Å²) in [7, 11) is 0. The Morgan fingerprint density at radius 1 is 0.469 bits per heavy atom. The first-order chi connectivity index (χ1) is 30.8. The van der Waals surface area contributed by atoms with E-state index in [-0.39, 0.29) is 33.8 Å². The number of hydrogen-bond acceptors (Lipinski definition) is 14. The summed E-state index contributed by atoms with van der Waals surface area (Å²) in [4.78, 5) is 3.05. The first-order valence-electron chi connectivity index (χ1n) is 21.5. The highest BCUT2D eigenvalue weighted by Crippen LogP contribution is 2.49. The molecule has 4 heterocycles. The molecule has 332 valence electrons. The molecule has 0 aliphatic carbocycles. The molecular weight excluding hydrogens is 845 g/mol. The van der Waals surface area contributed by atoms with Crippen LogP contribution in [-0.4, -0.2) is 37.6 Å². The number of ether oxygens (including phenoxy) is 6. The van der Waals surface area contributed by atoms with Crippen molar-refractivity contribution in [2.75, 3.05) is 26.4 Å². The van der Waals surface area contributed by atoms with E-state index in [1.54, 1.807) is 39.8 Å². The summed E-state index contributed by atoms with van der Waals surface area (Å²) in [5.74, 6) is 2.23. The maximum absolute atomic E-state index is 10.2. The fourth-order valence-electron chi connectivity index (χ4n) is 6.56. The molecule has 4 rings (SSSR count). The van der Waals surface area contributed by atoms with Gasteiger partial charge >= 0.3 is 0 Å². The molecule has 0 amide bonds. The van der Waals surface area contributed by atoms with Gasteiger partial charge in [-0.25, -0.2) is 0 Å². The van der Waals surface area contributed by atoms with Crippen molar-refractivity contribution in [2.45, 2.75) is 118 Å². The van der Waals surface area contributed by atoms with Crippen LogP contribution in [-0.2, 0) is 9.47 Å². The van der Waals surface area contributed by atoms with Crippen molar-refractivity contribution < 1.29 is 28.4 Å². The number of nitriles is 6. The van der Waals surface area contributed by atoms with E-state index in [0.29, 0.717) is 60.6 Å². The Labute approximate surface area is 385 Å². The highest BCUT2D eigenvalue weighted by atomic mass is 32.1. The molecule has 0 aromatic carbocycles. The molecule has 0 unspecified atom stereocenters. The molecule has 0 spiro atoms. The predicted molar refractivity (Wildman–Crippen MR) is 249 cm³/mol. The van der Waals surface area contributed by atoms with Crippen LogP contribution in [0.25, 0.3) is 24.3 Å². The lowest BCUT2D eigenvalue weighted by Crippen LogP contribution is -2.20.